The molecule has 1 aliphatic rings. The Morgan fingerprint density at radius 3 is 2.00 bits per heavy atom. The number of likely N-dealkylation sites (tertiary alicyclic amines) is 1. The molecule has 1 aliphatic heterocycles. The van der Waals surface area contributed by atoms with E-state index in [-0.39, 0.29) is 18.2 Å². The Balaban J connectivity index is 1.78. The monoisotopic (exact) mass is 293 g/mol. The molecule has 2 aromatic carbocycles. The number of ketones is 1. The molecule has 0 saturated carbocycles. The summed E-state index contributed by atoms with van der Waals surface area (Å²) in [6.45, 7) is 0.288. The van der Waals surface area contributed by atoms with E-state index in [4.69, 9.17) is 0 Å². The maximum atomic E-state index is 12.4. The van der Waals surface area contributed by atoms with Crippen molar-refractivity contribution in [3.63, 3.8) is 0 Å². The Morgan fingerprint density at radius 1 is 0.864 bits per heavy atom. The molecule has 1 unspecified atom stereocenters. The first-order valence-corrected chi connectivity index (χ1v) is 7.18. The zero-order chi connectivity index (χ0) is 15.5. The van der Waals surface area contributed by atoms with E-state index in [0.717, 1.165) is 0 Å². The molecule has 0 radical (unpaired) electrons. The van der Waals surface area contributed by atoms with Gasteiger partial charge < -0.3 is 0 Å². The molecule has 2 aromatic rings. The van der Waals surface area contributed by atoms with Crippen molar-refractivity contribution < 1.29 is 14.4 Å². The zero-order valence-electron chi connectivity index (χ0n) is 11.9. The van der Waals surface area contributed by atoms with Crippen LogP contribution in [0.15, 0.2) is 60.7 Å². The smallest absolute Gasteiger partial charge is 0.260 e. The number of Topliss-reactive ketones (excluding diaryl/α,β-unsaturated/α-hetero) is 1. The Hall–Kier alpha value is -2.75. The molecule has 0 aliphatic carbocycles. The highest BCUT2D eigenvalue weighted by Crippen LogP contribution is 2.24. The minimum atomic E-state index is -0.755. The van der Waals surface area contributed by atoms with E-state index in [9.17, 15) is 14.4 Å². The predicted molar refractivity (Wildman–Crippen MR) is 81.4 cm³/mol. The molecular formula is C18H15NO3. The first-order valence-electron chi connectivity index (χ1n) is 7.18. The Morgan fingerprint density at radius 2 is 1.41 bits per heavy atom. The van der Waals surface area contributed by atoms with Crippen LogP contribution in [0.2, 0.25) is 0 Å². The van der Waals surface area contributed by atoms with Gasteiger partial charge in [-0.05, 0) is 18.6 Å². The van der Waals surface area contributed by atoms with Crippen molar-refractivity contribution >= 4 is 17.6 Å². The third kappa shape index (κ3) is 2.55. The molecule has 0 aromatic heterocycles. The molecule has 3 rings (SSSR count). The standard InChI is InChI=1S/C18H15NO3/c20-16(13-7-3-1-4-8-13)15-11-12-19(18(15)22)17(21)14-9-5-2-6-10-14/h1-10,15H,11-12H2. The number of amides is 2. The molecule has 1 saturated heterocycles. The zero-order valence-corrected chi connectivity index (χ0v) is 11.9. The summed E-state index contributed by atoms with van der Waals surface area (Å²) in [4.78, 5) is 38.4. The highest BCUT2D eigenvalue weighted by molar-refractivity contribution is 6.16. The van der Waals surface area contributed by atoms with E-state index in [1.165, 1.54) is 4.90 Å². The summed E-state index contributed by atoms with van der Waals surface area (Å²) in [5.74, 6) is -1.71. The van der Waals surface area contributed by atoms with Gasteiger partial charge in [-0.25, -0.2) is 0 Å². The van der Waals surface area contributed by atoms with Crippen LogP contribution in [0.4, 0.5) is 0 Å². The molecule has 0 N–H and O–H groups in total. The van der Waals surface area contributed by atoms with Gasteiger partial charge in [-0.1, -0.05) is 48.5 Å². The average Bonchev–Trinajstić information content (AvgIpc) is 2.96. The lowest BCUT2D eigenvalue weighted by Crippen LogP contribution is -2.35. The van der Waals surface area contributed by atoms with Gasteiger partial charge in [0.1, 0.15) is 5.92 Å². The van der Waals surface area contributed by atoms with Crippen LogP contribution in [0, 0.1) is 5.92 Å². The molecule has 1 fully saturated rings. The lowest BCUT2D eigenvalue weighted by atomic mass is 9.96. The van der Waals surface area contributed by atoms with Gasteiger partial charge in [0, 0.05) is 17.7 Å². The van der Waals surface area contributed by atoms with Gasteiger partial charge in [0.05, 0.1) is 0 Å². The van der Waals surface area contributed by atoms with Crippen LogP contribution in [0.25, 0.3) is 0 Å². The van der Waals surface area contributed by atoms with Gasteiger partial charge in [-0.3, -0.25) is 19.3 Å². The SMILES string of the molecule is O=C(c1ccccc1)C1CCN(C(=O)c2ccccc2)C1=O. The Kier molecular flexibility index (Phi) is 3.83. The number of hydrogen-bond acceptors (Lipinski definition) is 3. The molecular weight excluding hydrogens is 278 g/mol. The van der Waals surface area contributed by atoms with Crippen LogP contribution in [0.3, 0.4) is 0 Å². The second kappa shape index (κ2) is 5.93. The molecule has 1 heterocycles. The van der Waals surface area contributed by atoms with Crippen molar-refractivity contribution in [2.45, 2.75) is 6.42 Å². The maximum Gasteiger partial charge on any atom is 0.260 e. The van der Waals surface area contributed by atoms with Gasteiger partial charge in [0.2, 0.25) is 5.91 Å². The van der Waals surface area contributed by atoms with Gasteiger partial charge in [0.15, 0.2) is 5.78 Å². The number of imide groups is 1. The topological polar surface area (TPSA) is 54.5 Å². The summed E-state index contributed by atoms with van der Waals surface area (Å²) >= 11 is 0. The quantitative estimate of drug-likeness (QED) is 0.496. The third-order valence-corrected chi connectivity index (χ3v) is 3.85. The van der Waals surface area contributed by atoms with Gasteiger partial charge in [0.25, 0.3) is 5.91 Å². The van der Waals surface area contributed by atoms with E-state index in [1.807, 2.05) is 12.1 Å². The predicted octanol–water partition coefficient (Wildman–Crippen LogP) is 2.56. The molecule has 4 heteroatoms. The third-order valence-electron chi connectivity index (χ3n) is 3.85. The first-order chi connectivity index (χ1) is 10.7. The van der Waals surface area contributed by atoms with E-state index >= 15 is 0 Å². The fourth-order valence-corrected chi connectivity index (χ4v) is 2.67. The summed E-state index contributed by atoms with van der Waals surface area (Å²) < 4.78 is 0. The van der Waals surface area contributed by atoms with E-state index in [1.54, 1.807) is 48.5 Å². The van der Waals surface area contributed by atoms with E-state index < -0.39 is 11.8 Å². The molecule has 1 atom stereocenters. The van der Waals surface area contributed by atoms with Crippen LogP contribution >= 0.6 is 0 Å². The second-order valence-electron chi connectivity index (χ2n) is 5.23. The lowest BCUT2D eigenvalue weighted by Gasteiger charge is -2.14. The summed E-state index contributed by atoms with van der Waals surface area (Å²) in [5, 5.41) is 0. The van der Waals surface area contributed by atoms with Crippen molar-refractivity contribution in [1.29, 1.82) is 0 Å². The second-order valence-corrected chi connectivity index (χ2v) is 5.23. The van der Waals surface area contributed by atoms with Crippen molar-refractivity contribution in [3.05, 3.63) is 71.8 Å². The molecule has 110 valence electrons. The van der Waals surface area contributed by atoms with Crippen molar-refractivity contribution in [2.75, 3.05) is 6.54 Å². The van der Waals surface area contributed by atoms with Gasteiger partial charge >= 0.3 is 0 Å². The Bertz CT molecular complexity index is 648. The number of rotatable bonds is 3. The van der Waals surface area contributed by atoms with Crippen LogP contribution in [-0.4, -0.2) is 29.0 Å². The fraction of sp³-hybridized carbons (Fsp3) is 0.167. The lowest BCUT2D eigenvalue weighted by molar-refractivity contribution is -0.127. The molecule has 0 bridgehead atoms. The molecule has 22 heavy (non-hydrogen) atoms. The summed E-state index contributed by atoms with van der Waals surface area (Å²) in [5.41, 5.74) is 0.971. The first kappa shape index (κ1) is 14.2. The largest absolute Gasteiger partial charge is 0.293 e. The molecule has 2 amide bonds. The fourth-order valence-electron chi connectivity index (χ4n) is 2.67. The van der Waals surface area contributed by atoms with Gasteiger partial charge in [-0.15, -0.1) is 0 Å². The van der Waals surface area contributed by atoms with E-state index in [0.29, 0.717) is 17.5 Å². The summed E-state index contributed by atoms with van der Waals surface area (Å²) in [7, 11) is 0. The van der Waals surface area contributed by atoms with E-state index in [2.05, 4.69) is 0 Å². The number of hydrogen-bond donors (Lipinski definition) is 0. The summed E-state index contributed by atoms with van der Waals surface area (Å²) in [6, 6.07) is 17.4. The minimum absolute atomic E-state index is 0.214. The number of carbonyl (C=O) groups excluding carboxylic acids is 3. The van der Waals surface area contributed by atoms with Crippen LogP contribution < -0.4 is 0 Å². The average molecular weight is 293 g/mol. The van der Waals surface area contributed by atoms with Crippen LogP contribution in [-0.2, 0) is 4.79 Å². The molecule has 4 nitrogen and oxygen atoms in total. The Labute approximate surface area is 128 Å². The normalized spacial score (nSPS) is 17.5. The van der Waals surface area contributed by atoms with Crippen LogP contribution in [0.5, 0.6) is 0 Å². The summed E-state index contributed by atoms with van der Waals surface area (Å²) in [6.07, 6.45) is 0.380. The highest BCUT2D eigenvalue weighted by atomic mass is 16.2. The highest BCUT2D eigenvalue weighted by Gasteiger charge is 2.40. The van der Waals surface area contributed by atoms with Crippen molar-refractivity contribution in [3.8, 4) is 0 Å². The number of carbonyl (C=O) groups is 3. The minimum Gasteiger partial charge on any atom is -0.293 e. The van der Waals surface area contributed by atoms with Gasteiger partial charge in [-0.2, -0.15) is 0 Å². The number of nitrogens with zero attached hydrogens (tertiary/aromatic N) is 1. The molecule has 0 spiro atoms. The van der Waals surface area contributed by atoms with Crippen LogP contribution in [0.1, 0.15) is 27.1 Å². The number of benzene rings is 2. The van der Waals surface area contributed by atoms with Crippen molar-refractivity contribution in [2.24, 2.45) is 5.92 Å². The maximum absolute atomic E-state index is 12.4. The van der Waals surface area contributed by atoms with Crippen molar-refractivity contribution in [1.82, 2.24) is 4.90 Å².